The van der Waals surface area contributed by atoms with Crippen LogP contribution in [0, 0.1) is 0 Å². The van der Waals surface area contributed by atoms with Gasteiger partial charge in [-0.05, 0) is 12.0 Å². The quantitative estimate of drug-likeness (QED) is 0.784. The predicted molar refractivity (Wildman–Crippen MR) is 56.3 cm³/mol. The lowest BCUT2D eigenvalue weighted by Crippen LogP contribution is -2.00. The van der Waals surface area contributed by atoms with Crippen LogP contribution in [0.3, 0.4) is 0 Å². The zero-order valence-corrected chi connectivity index (χ0v) is 9.28. The van der Waals surface area contributed by atoms with Crippen molar-refractivity contribution in [1.82, 2.24) is 0 Å². The topological polar surface area (TPSA) is 46.5 Å². The van der Waals surface area contributed by atoms with E-state index in [1.54, 1.807) is 0 Å². The summed E-state index contributed by atoms with van der Waals surface area (Å²) >= 11 is 0. The summed E-state index contributed by atoms with van der Waals surface area (Å²) in [6.45, 7) is 1.87. The van der Waals surface area contributed by atoms with E-state index in [0.29, 0.717) is 6.42 Å². The van der Waals surface area contributed by atoms with Crippen molar-refractivity contribution in [1.29, 1.82) is 0 Å². The molecule has 0 radical (unpaired) electrons. The zero-order valence-electron chi connectivity index (χ0n) is 8.38. The molecule has 0 bridgehead atoms. The Morgan fingerprint density at radius 3 is 2.43 bits per heavy atom. The molecule has 0 aromatic heterocycles. The van der Waals surface area contributed by atoms with E-state index in [1.165, 1.54) is 7.11 Å². The highest BCUT2D eigenvalue weighted by atomic mass is 31.2. The lowest BCUT2D eigenvalue weighted by molar-refractivity contribution is 0.303. The van der Waals surface area contributed by atoms with Crippen molar-refractivity contribution in [3.05, 3.63) is 35.9 Å². The van der Waals surface area contributed by atoms with Crippen molar-refractivity contribution in [2.75, 3.05) is 7.11 Å². The van der Waals surface area contributed by atoms with Crippen molar-refractivity contribution >= 4 is 7.60 Å². The van der Waals surface area contributed by atoms with E-state index in [-0.39, 0.29) is 0 Å². The van der Waals surface area contributed by atoms with Crippen LogP contribution in [0.4, 0.5) is 0 Å². The average Bonchev–Trinajstić information content (AvgIpc) is 2.20. The molecule has 1 rings (SSSR count). The van der Waals surface area contributed by atoms with Crippen LogP contribution in [0.1, 0.15) is 24.6 Å². The fourth-order valence-electron chi connectivity index (χ4n) is 1.46. The molecule has 0 saturated heterocycles. The van der Waals surface area contributed by atoms with Crippen LogP contribution < -0.4 is 0 Å². The highest BCUT2D eigenvalue weighted by Gasteiger charge is 2.30. The molecule has 14 heavy (non-hydrogen) atoms. The molecule has 0 spiro atoms. The van der Waals surface area contributed by atoms with Gasteiger partial charge in [-0.15, -0.1) is 0 Å². The molecule has 1 aromatic carbocycles. The Kier molecular flexibility index (Phi) is 3.87. The van der Waals surface area contributed by atoms with E-state index in [1.807, 2.05) is 37.3 Å². The molecule has 3 nitrogen and oxygen atoms in total. The van der Waals surface area contributed by atoms with Crippen LogP contribution in [0.25, 0.3) is 0 Å². The number of hydrogen-bond acceptors (Lipinski definition) is 2. The Morgan fingerprint density at radius 2 is 2.00 bits per heavy atom. The third-order valence-electron chi connectivity index (χ3n) is 2.23. The Morgan fingerprint density at radius 1 is 1.43 bits per heavy atom. The maximum absolute atomic E-state index is 11.6. The van der Waals surface area contributed by atoms with Gasteiger partial charge in [0, 0.05) is 7.11 Å². The van der Waals surface area contributed by atoms with Gasteiger partial charge < -0.3 is 9.42 Å². The van der Waals surface area contributed by atoms with Gasteiger partial charge in [0.2, 0.25) is 0 Å². The summed E-state index contributed by atoms with van der Waals surface area (Å²) in [6, 6.07) is 9.28. The number of hydrogen-bond donors (Lipinski definition) is 1. The fourth-order valence-corrected chi connectivity index (χ4v) is 2.72. The second-order valence-corrected chi connectivity index (χ2v) is 5.20. The Labute approximate surface area is 84.3 Å². The minimum absolute atomic E-state index is 0.423. The molecule has 0 saturated carbocycles. The van der Waals surface area contributed by atoms with Crippen molar-refractivity contribution in [2.45, 2.75) is 19.0 Å². The first-order chi connectivity index (χ1) is 6.61. The fraction of sp³-hybridized carbons (Fsp3) is 0.400. The molecular weight excluding hydrogens is 199 g/mol. The van der Waals surface area contributed by atoms with Gasteiger partial charge in [-0.2, -0.15) is 0 Å². The molecule has 1 aromatic rings. The summed E-state index contributed by atoms with van der Waals surface area (Å²) in [5, 5.41) is 0. The Balaban J connectivity index is 3.00. The van der Waals surface area contributed by atoms with Gasteiger partial charge in [0.25, 0.3) is 0 Å². The summed E-state index contributed by atoms with van der Waals surface area (Å²) in [7, 11) is -2.24. The highest BCUT2D eigenvalue weighted by molar-refractivity contribution is 7.53. The first-order valence-corrected chi connectivity index (χ1v) is 6.19. The number of benzene rings is 1. The molecule has 1 N–H and O–H groups in total. The average molecular weight is 214 g/mol. The third kappa shape index (κ3) is 2.44. The molecule has 78 valence electrons. The van der Waals surface area contributed by atoms with Gasteiger partial charge in [-0.1, -0.05) is 37.3 Å². The van der Waals surface area contributed by atoms with Gasteiger partial charge in [0.05, 0.1) is 5.66 Å². The first-order valence-electron chi connectivity index (χ1n) is 4.55. The molecule has 2 atom stereocenters. The van der Waals surface area contributed by atoms with Crippen LogP contribution in [0.15, 0.2) is 30.3 Å². The largest absolute Gasteiger partial charge is 0.335 e. The molecule has 0 amide bonds. The van der Waals surface area contributed by atoms with E-state index in [0.717, 1.165) is 5.56 Å². The minimum atomic E-state index is -3.51. The minimum Gasteiger partial charge on any atom is -0.324 e. The molecule has 4 heteroatoms. The highest BCUT2D eigenvalue weighted by Crippen LogP contribution is 2.57. The Hall–Kier alpha value is -0.630. The van der Waals surface area contributed by atoms with Crippen molar-refractivity contribution < 1.29 is 14.0 Å². The molecule has 0 aliphatic carbocycles. The van der Waals surface area contributed by atoms with E-state index >= 15 is 0 Å². The zero-order chi connectivity index (χ0) is 10.6. The van der Waals surface area contributed by atoms with Crippen molar-refractivity contribution in [3.8, 4) is 0 Å². The normalized spacial score (nSPS) is 17.4. The van der Waals surface area contributed by atoms with Crippen LogP contribution in [0.2, 0.25) is 0 Å². The van der Waals surface area contributed by atoms with E-state index in [2.05, 4.69) is 4.52 Å². The molecule has 0 aliphatic heterocycles. The standard InChI is InChI=1S/C10H15O3P/c1-3-10(14(11,12)13-2)9-7-5-4-6-8-9/h4-8,10H,3H2,1-2H3,(H,11,12). The molecule has 0 aliphatic rings. The predicted octanol–water partition coefficient (Wildman–Crippen LogP) is 2.97. The second kappa shape index (κ2) is 4.74. The third-order valence-corrected chi connectivity index (χ3v) is 4.20. The molecular formula is C10H15O3P. The maximum atomic E-state index is 11.6. The molecule has 2 unspecified atom stereocenters. The monoisotopic (exact) mass is 214 g/mol. The van der Waals surface area contributed by atoms with Crippen LogP contribution in [-0.2, 0) is 9.09 Å². The molecule has 0 fully saturated rings. The summed E-state index contributed by atoms with van der Waals surface area (Å²) in [4.78, 5) is 9.57. The van der Waals surface area contributed by atoms with Crippen molar-refractivity contribution in [3.63, 3.8) is 0 Å². The van der Waals surface area contributed by atoms with Gasteiger partial charge >= 0.3 is 7.60 Å². The summed E-state index contributed by atoms with van der Waals surface area (Å²) in [5.74, 6) is 0. The SMILES string of the molecule is CCC(c1ccccc1)P(=O)(O)OC. The first kappa shape index (κ1) is 11.4. The van der Waals surface area contributed by atoms with Crippen LogP contribution in [0.5, 0.6) is 0 Å². The van der Waals surface area contributed by atoms with Crippen LogP contribution in [-0.4, -0.2) is 12.0 Å². The van der Waals surface area contributed by atoms with Crippen molar-refractivity contribution in [2.24, 2.45) is 0 Å². The lowest BCUT2D eigenvalue weighted by Gasteiger charge is -2.19. The van der Waals surface area contributed by atoms with E-state index in [4.69, 9.17) is 0 Å². The van der Waals surface area contributed by atoms with Gasteiger partial charge in [0.15, 0.2) is 0 Å². The lowest BCUT2D eigenvalue weighted by atomic mass is 10.1. The maximum Gasteiger partial charge on any atom is 0.335 e. The van der Waals surface area contributed by atoms with E-state index in [9.17, 15) is 9.46 Å². The molecule has 0 heterocycles. The van der Waals surface area contributed by atoms with E-state index < -0.39 is 13.3 Å². The van der Waals surface area contributed by atoms with Crippen LogP contribution >= 0.6 is 7.60 Å². The van der Waals surface area contributed by atoms with Gasteiger partial charge in [-0.25, -0.2) is 0 Å². The Bertz CT molecular complexity index is 323. The summed E-state index contributed by atoms with van der Waals surface area (Å²) < 4.78 is 16.3. The number of rotatable bonds is 4. The second-order valence-electron chi connectivity index (χ2n) is 3.08. The van der Waals surface area contributed by atoms with Gasteiger partial charge in [0.1, 0.15) is 0 Å². The summed E-state index contributed by atoms with van der Waals surface area (Å²) in [6.07, 6.45) is 0.589. The van der Waals surface area contributed by atoms with Gasteiger partial charge in [-0.3, -0.25) is 4.57 Å². The smallest absolute Gasteiger partial charge is 0.324 e. The summed E-state index contributed by atoms with van der Waals surface area (Å²) in [5.41, 5.74) is 0.427.